The molecule has 121 heavy (non-hydrogen) atoms. The minimum Gasteiger partial charge on any atom is -0.481 e. The van der Waals surface area contributed by atoms with Crippen molar-refractivity contribution in [2.45, 2.75) is 262 Å². The lowest BCUT2D eigenvalue weighted by atomic mass is 9.98. The maximum Gasteiger partial charge on any atom is 0.326 e. The van der Waals surface area contributed by atoms with Crippen molar-refractivity contribution in [3.05, 3.63) is 18.2 Å². The molecule has 0 fully saturated rings. The summed E-state index contributed by atoms with van der Waals surface area (Å²) in [6, 6.07) is -22.2. The van der Waals surface area contributed by atoms with Gasteiger partial charge in [-0.25, -0.2) is 9.78 Å². The summed E-state index contributed by atoms with van der Waals surface area (Å²) in [5.41, 5.74) is 44.6. The van der Waals surface area contributed by atoms with Crippen LogP contribution in [0.15, 0.2) is 22.5 Å². The quantitative estimate of drug-likeness (QED) is 0.0125. The summed E-state index contributed by atoms with van der Waals surface area (Å²) in [4.78, 5) is 259. The molecule has 48 heteroatoms. The first kappa shape index (κ1) is 108. The first-order chi connectivity index (χ1) is 56.8. The van der Waals surface area contributed by atoms with Crippen LogP contribution in [-0.2, 0) is 92.7 Å². The Kier molecular flexibility index (Phi) is 50.9. The topological polar surface area (TPSA) is 778 Å². The second kappa shape index (κ2) is 57.1. The van der Waals surface area contributed by atoms with Gasteiger partial charge < -0.3 is 136 Å². The van der Waals surface area contributed by atoms with Gasteiger partial charge in [-0.05, 0) is 134 Å². The van der Waals surface area contributed by atoms with E-state index in [2.05, 4.69) is 107 Å². The van der Waals surface area contributed by atoms with E-state index in [0.29, 0.717) is 31.4 Å². The molecule has 0 aliphatic heterocycles. The van der Waals surface area contributed by atoms with Gasteiger partial charge in [-0.3, -0.25) is 91.5 Å². The fourth-order valence-corrected chi connectivity index (χ4v) is 12.2. The van der Waals surface area contributed by atoms with Crippen LogP contribution >= 0.6 is 24.4 Å². The molecule has 46 nitrogen and oxygen atoms in total. The Bertz CT molecular complexity index is 3680. The Morgan fingerprint density at radius 3 is 1.22 bits per heavy atom. The van der Waals surface area contributed by atoms with E-state index in [1.807, 2.05) is 0 Å². The van der Waals surface area contributed by atoms with Gasteiger partial charge in [-0.2, -0.15) is 24.4 Å². The zero-order valence-electron chi connectivity index (χ0n) is 70.2. The van der Waals surface area contributed by atoms with Crippen LogP contribution in [0.3, 0.4) is 0 Å². The Labute approximate surface area is 711 Å². The van der Waals surface area contributed by atoms with Gasteiger partial charge in [-0.1, -0.05) is 48.0 Å². The highest BCUT2D eigenvalue weighted by Crippen LogP contribution is 2.16. The Morgan fingerprint density at radius 1 is 0.446 bits per heavy atom. The second-order valence-corrected chi connectivity index (χ2v) is 31.3. The largest absolute Gasteiger partial charge is 0.481 e. The molecule has 0 spiro atoms. The van der Waals surface area contributed by atoms with Crippen LogP contribution in [0.5, 0.6) is 0 Å². The number of carboxylic acid groups (broad SMARTS) is 2. The van der Waals surface area contributed by atoms with E-state index in [0.717, 1.165) is 0 Å². The van der Waals surface area contributed by atoms with E-state index in [9.17, 15) is 96.5 Å². The normalized spacial score (nSPS) is 15.1. The first-order valence-corrected chi connectivity index (χ1v) is 41.7. The predicted octanol–water partition coefficient (Wildman–Crippen LogP) is -7.73. The summed E-state index contributed by atoms with van der Waals surface area (Å²) in [5.74, 6) is -20.1. The lowest BCUT2D eigenvalue weighted by Gasteiger charge is -2.28. The number of imidazole rings is 1. The highest BCUT2D eigenvalue weighted by atomic mass is 32.2. The zero-order chi connectivity index (χ0) is 91.9. The molecule has 1 heterocycles. The summed E-state index contributed by atoms with van der Waals surface area (Å²) in [7, 11) is 0. The number of H-pyrrole nitrogens is 1. The van der Waals surface area contributed by atoms with E-state index < -0.39 is 234 Å². The third kappa shape index (κ3) is 43.6. The number of aliphatic imine (C=N–C) groups is 2. The van der Waals surface area contributed by atoms with Crippen molar-refractivity contribution in [2.75, 3.05) is 37.4 Å². The maximum absolute atomic E-state index is 14.6. The molecule has 1 aromatic rings. The number of aromatic amines is 1. The number of nitrogens with two attached hydrogens (primary N) is 8. The van der Waals surface area contributed by atoms with Gasteiger partial charge in [-0.15, -0.1) is 0 Å². The van der Waals surface area contributed by atoms with Gasteiger partial charge in [0.2, 0.25) is 94.5 Å². The van der Waals surface area contributed by atoms with Crippen molar-refractivity contribution in [1.29, 1.82) is 0 Å². The summed E-state index contributed by atoms with van der Waals surface area (Å²) >= 11 is 5.50. The number of unbranched alkanes of at least 4 members (excludes halogenated alkanes) is 1. The minimum absolute atomic E-state index is 0.00433. The summed E-state index contributed by atoms with van der Waals surface area (Å²) in [6.07, 6.45) is 2.28. The molecule has 0 unspecified atom stereocenters. The van der Waals surface area contributed by atoms with Crippen LogP contribution in [0.25, 0.3) is 0 Å². The number of aliphatic carboxylic acids is 2. The van der Waals surface area contributed by atoms with E-state index in [1.165, 1.54) is 45.1 Å². The number of hydrogen-bond donors (Lipinski definition) is 26. The van der Waals surface area contributed by atoms with Crippen LogP contribution in [0.1, 0.15) is 171 Å². The minimum atomic E-state index is -1.75. The Hall–Kier alpha value is -11.2. The third-order valence-electron chi connectivity index (χ3n) is 18.5. The van der Waals surface area contributed by atoms with E-state index in [-0.39, 0.29) is 107 Å². The molecule has 0 aromatic carbocycles. The summed E-state index contributed by atoms with van der Waals surface area (Å²) < 4.78 is 0. The number of hydrogen-bond acceptors (Lipinski definition) is 25. The van der Waals surface area contributed by atoms with Gasteiger partial charge in [0.25, 0.3) is 0 Å². The molecule has 1 rings (SSSR count). The summed E-state index contributed by atoms with van der Waals surface area (Å²) in [6.45, 7) is 14.2. The van der Waals surface area contributed by atoms with Gasteiger partial charge >= 0.3 is 11.9 Å². The number of carbonyl (C=O) groups is 18. The molecular formula is C73H128N26O20S2. The SMILES string of the molecule is CC[C@H](C)[C@H](NC(=O)[C@H](CCCCN)NC(=O)[C@H](CCC(N)=O)NC(=O)[C@H](CCSC)NC(=O)[C@H](CC(C)C)NC(=O)[C@H](Cc1cnc[nH]1)NC(=O)[C@H](C)NC(=O)[C@H](CCC(=O)O)NC(=O)[C@H](CS)NC(=O)[C@H](C)NC(=O)[C@H](CCCN=C(N)N)NC(=O)[C@H](CC(C)C)NC(=O)[C@H](CC(N)=O)NC(=O)[C@H](C)NC(=O)[C@@H](N)CCCN=C(N)N)C(=O)O. The van der Waals surface area contributed by atoms with Crippen LogP contribution < -0.4 is 120 Å². The molecular weight excluding hydrogens is 1630 g/mol. The highest BCUT2D eigenvalue weighted by molar-refractivity contribution is 7.98. The van der Waals surface area contributed by atoms with Crippen LogP contribution in [-0.4, -0.2) is 267 Å². The maximum atomic E-state index is 14.6. The molecule has 33 N–H and O–H groups in total. The molecule has 0 radical (unpaired) electrons. The number of carbonyl (C=O) groups excluding carboxylic acids is 16. The van der Waals surface area contributed by atoms with Crippen molar-refractivity contribution in [3.8, 4) is 0 Å². The number of guanidine groups is 2. The number of nitrogens with zero attached hydrogens (tertiary/aromatic N) is 3. The average molecular weight is 1750 g/mol. The van der Waals surface area contributed by atoms with Gasteiger partial charge in [0.1, 0.15) is 84.6 Å². The third-order valence-corrected chi connectivity index (χ3v) is 19.5. The average Bonchev–Trinajstić information content (AvgIpc) is 1.57. The van der Waals surface area contributed by atoms with E-state index in [1.54, 1.807) is 47.8 Å². The lowest BCUT2D eigenvalue weighted by Crippen LogP contribution is -2.61. The number of thiol groups is 1. The van der Waals surface area contributed by atoms with Crippen molar-refractivity contribution in [2.24, 2.45) is 73.6 Å². The Balaban J connectivity index is 3.53. The van der Waals surface area contributed by atoms with E-state index in [4.69, 9.17) is 45.9 Å². The number of aromatic nitrogens is 2. The van der Waals surface area contributed by atoms with Gasteiger partial charge in [0.15, 0.2) is 11.9 Å². The monoisotopic (exact) mass is 1750 g/mol. The number of rotatable bonds is 61. The number of carboxylic acids is 2. The van der Waals surface area contributed by atoms with Crippen LogP contribution in [0, 0.1) is 17.8 Å². The summed E-state index contributed by atoms with van der Waals surface area (Å²) in [5, 5.41) is 54.4. The molecule has 0 aliphatic rings. The number of nitrogens with one attached hydrogen (secondary N) is 15. The van der Waals surface area contributed by atoms with Crippen molar-refractivity contribution >= 4 is 143 Å². The van der Waals surface area contributed by atoms with Crippen molar-refractivity contribution in [3.63, 3.8) is 0 Å². The fraction of sp³-hybridized carbons (Fsp3) is 0.685. The molecule has 0 bridgehead atoms. The lowest BCUT2D eigenvalue weighted by molar-refractivity contribution is -0.144. The molecule has 682 valence electrons. The highest BCUT2D eigenvalue weighted by Gasteiger charge is 2.39. The number of thioether (sulfide) groups is 1. The predicted molar refractivity (Wildman–Crippen MR) is 449 cm³/mol. The van der Waals surface area contributed by atoms with Crippen LogP contribution in [0.4, 0.5) is 0 Å². The number of primary amides is 2. The van der Waals surface area contributed by atoms with Crippen molar-refractivity contribution in [1.82, 2.24) is 84.4 Å². The molecule has 0 saturated carbocycles. The van der Waals surface area contributed by atoms with Crippen LogP contribution in [0.2, 0.25) is 0 Å². The smallest absolute Gasteiger partial charge is 0.326 e. The first-order valence-electron chi connectivity index (χ1n) is 39.7. The van der Waals surface area contributed by atoms with Gasteiger partial charge in [0.05, 0.1) is 18.8 Å². The van der Waals surface area contributed by atoms with Crippen molar-refractivity contribution < 1.29 is 96.5 Å². The van der Waals surface area contributed by atoms with E-state index >= 15 is 0 Å². The zero-order valence-corrected chi connectivity index (χ0v) is 71.9. The molecule has 0 aliphatic carbocycles. The molecule has 16 atom stereocenters. The van der Waals surface area contributed by atoms with Gasteiger partial charge in [0, 0.05) is 50.0 Å². The molecule has 0 saturated heterocycles. The molecule has 16 amide bonds. The molecule has 1 aromatic heterocycles. The second-order valence-electron chi connectivity index (χ2n) is 29.9. The standard InChI is InChI=1S/C73H128N26O20S2/c1-11-37(6)56(71(118)119)99-65(112)43(17-12-13-24-74)89-63(110)45(19-21-53(76)100)91-64(111)47(23-27-121-10)93-67(114)49(29-36(4)5)96-68(115)50(30-41-32-82-34-85-41)94-58(105)39(8)88-62(109)46(20-22-55(102)103)92-70(117)52(33-120)98-59(106)40(9)87-61(108)44(18-15-26-84-73(80)81)90-66(113)48(28-35(2)3)97-69(116)51(31-54(77)101)95-57(104)38(7)86-60(107)42(75)16-14-25-83-72(78)79/h32,34-40,42-52,56,120H,11-31,33,74-75H2,1-10H3,(H2,76,100)(H2,77,101)(H,82,85)(H,86,107)(H,87,108)(H,88,109)(H,89,110)(H,90,113)(H,91,111)(H,92,117)(H,93,114)(H,94,105)(H,95,104)(H,96,115)(H,97,116)(H,98,106)(H,99,112)(H,102,103)(H,118,119)(H4,78,79,83)(H4,80,81,84)/t37-,38-,39-,40-,42-,43-,44-,45-,46-,47-,48-,49-,50-,51-,52-,56-/m0/s1. The Morgan fingerprint density at radius 2 is 0.818 bits per heavy atom. The number of amides is 16. The fourth-order valence-electron chi connectivity index (χ4n) is 11.5.